The number of likely N-dealkylation sites (N-methyl/N-ethyl adjacent to an activating group) is 1. The molecule has 3 heterocycles. The third-order valence-electron chi connectivity index (χ3n) is 4.37. The van der Waals surface area contributed by atoms with Gasteiger partial charge in [-0.15, -0.1) is 10.2 Å². The molecule has 0 aliphatic rings. The van der Waals surface area contributed by atoms with E-state index in [0.29, 0.717) is 17.3 Å². The van der Waals surface area contributed by atoms with E-state index in [1.54, 1.807) is 12.4 Å². The molecule has 9 heteroatoms. The fraction of sp³-hybridized carbons (Fsp3) is 0.190. The molecule has 3 N–H and O–H groups in total. The van der Waals surface area contributed by atoms with Crippen LogP contribution in [0.3, 0.4) is 0 Å². The lowest BCUT2D eigenvalue weighted by molar-refractivity contribution is 0.425. The molecule has 0 radical (unpaired) electrons. The molecule has 4 aromatic rings. The van der Waals surface area contributed by atoms with E-state index in [2.05, 4.69) is 35.4 Å². The first-order valence-corrected chi connectivity index (χ1v) is 9.47. The maximum absolute atomic E-state index is 6.04. The summed E-state index contributed by atoms with van der Waals surface area (Å²) in [5.41, 5.74) is 8.70. The highest BCUT2D eigenvalue weighted by molar-refractivity contribution is 5.69. The van der Waals surface area contributed by atoms with Crippen LogP contribution in [0.1, 0.15) is 2.85 Å². The number of rotatable bonds is 7. The second-order valence-corrected chi connectivity index (χ2v) is 6.93. The first-order valence-electron chi connectivity index (χ1n) is 9.47. The minimum absolute atomic E-state index is 0. The smallest absolute Gasteiger partial charge is 0.270 e. The fourth-order valence-corrected chi connectivity index (χ4v) is 2.81. The van der Waals surface area contributed by atoms with Crippen molar-refractivity contribution in [3.8, 4) is 34.3 Å². The van der Waals surface area contributed by atoms with Crippen LogP contribution in [0.15, 0.2) is 59.3 Å². The van der Waals surface area contributed by atoms with Crippen LogP contribution in [0.25, 0.3) is 34.3 Å². The molecule has 0 spiro atoms. The maximum atomic E-state index is 6.04. The fourth-order valence-electron chi connectivity index (χ4n) is 2.81. The molecule has 0 saturated carbocycles. The van der Waals surface area contributed by atoms with E-state index in [4.69, 9.17) is 10.2 Å². The molecule has 0 atom stereocenters. The molecule has 0 bridgehead atoms. The first-order chi connectivity index (χ1) is 14.6. The summed E-state index contributed by atoms with van der Waals surface area (Å²) in [5.74, 6) is 1.60. The number of hydrogen-bond acceptors (Lipinski definition) is 9. The van der Waals surface area contributed by atoms with E-state index in [1.165, 1.54) is 0 Å². The molecule has 9 nitrogen and oxygen atoms in total. The molecule has 156 valence electrons. The quantitative estimate of drug-likeness (QED) is 0.476. The van der Waals surface area contributed by atoms with E-state index in [0.717, 1.165) is 30.0 Å². The van der Waals surface area contributed by atoms with E-state index in [1.807, 2.05) is 56.6 Å². The highest BCUT2D eigenvalue weighted by Crippen LogP contribution is 2.28. The summed E-state index contributed by atoms with van der Waals surface area (Å²) in [5, 5.41) is 11.5. The summed E-state index contributed by atoms with van der Waals surface area (Å²) in [6.07, 6.45) is 3.34. The Balaban J connectivity index is 0.00000181. The van der Waals surface area contributed by atoms with E-state index in [9.17, 15) is 0 Å². The van der Waals surface area contributed by atoms with Gasteiger partial charge in [0.25, 0.3) is 5.89 Å². The SMILES string of the molecule is CN(C)CCNc1cc(-c2cnc(N)c(-c3nnc(-c4ccccc4)o3)n2)ccn1.[HH].[HH]. The van der Waals surface area contributed by atoms with Crippen LogP contribution >= 0.6 is 0 Å². The first kappa shape index (κ1) is 19.5. The molecule has 0 aliphatic carbocycles. The number of nitrogens with two attached hydrogens (primary N) is 1. The van der Waals surface area contributed by atoms with E-state index < -0.39 is 0 Å². The van der Waals surface area contributed by atoms with Crippen molar-refractivity contribution in [1.29, 1.82) is 0 Å². The standard InChI is InChI=1S/C21H22N8O.2H2/c1-29(2)11-10-24-17-12-15(8-9-23-17)16-13-25-19(22)18(26-16)21-28-27-20(30-21)14-6-4-3-5-7-14;;/h3-9,12-13H,10-11H2,1-2H3,(H2,22,25)(H,23,24);2*1H. The Kier molecular flexibility index (Phi) is 5.62. The molecule has 0 aliphatic heterocycles. The predicted molar refractivity (Wildman–Crippen MR) is 120 cm³/mol. The number of anilines is 2. The maximum Gasteiger partial charge on any atom is 0.270 e. The monoisotopic (exact) mass is 406 g/mol. The normalized spacial score (nSPS) is 11.0. The van der Waals surface area contributed by atoms with Gasteiger partial charge in [-0.05, 0) is 38.4 Å². The molecule has 4 rings (SSSR count). The van der Waals surface area contributed by atoms with Crippen LogP contribution in [0.4, 0.5) is 11.6 Å². The van der Waals surface area contributed by atoms with Crippen molar-refractivity contribution in [3.05, 3.63) is 54.9 Å². The van der Waals surface area contributed by atoms with Crippen LogP contribution < -0.4 is 11.1 Å². The van der Waals surface area contributed by atoms with Crippen LogP contribution in [0, 0.1) is 0 Å². The van der Waals surface area contributed by atoms with Crippen LogP contribution in [-0.2, 0) is 0 Å². The Labute approximate surface area is 177 Å². The number of nitrogens with zero attached hydrogens (tertiary/aromatic N) is 6. The molecule has 1 aromatic carbocycles. The third kappa shape index (κ3) is 4.41. The summed E-state index contributed by atoms with van der Waals surface area (Å²) < 4.78 is 5.79. The van der Waals surface area contributed by atoms with Gasteiger partial charge in [-0.3, -0.25) is 0 Å². The summed E-state index contributed by atoms with van der Waals surface area (Å²) in [6, 6.07) is 13.3. The number of aromatic nitrogens is 5. The van der Waals surface area contributed by atoms with Gasteiger partial charge in [0.05, 0.1) is 11.9 Å². The number of nitrogen functional groups attached to an aromatic ring is 1. The molecule has 0 amide bonds. The number of pyridine rings is 1. The summed E-state index contributed by atoms with van der Waals surface area (Å²) in [4.78, 5) is 15.3. The van der Waals surface area contributed by atoms with Crippen molar-refractivity contribution in [2.24, 2.45) is 0 Å². The number of nitrogens with one attached hydrogen (secondary N) is 1. The molecule has 30 heavy (non-hydrogen) atoms. The van der Waals surface area contributed by atoms with E-state index >= 15 is 0 Å². The largest absolute Gasteiger partial charge is 0.414 e. The van der Waals surface area contributed by atoms with Crippen LogP contribution in [-0.4, -0.2) is 57.2 Å². The Hall–Kier alpha value is -3.85. The van der Waals surface area contributed by atoms with Crippen molar-refractivity contribution in [3.63, 3.8) is 0 Å². The highest BCUT2D eigenvalue weighted by Gasteiger charge is 2.17. The Bertz CT molecular complexity index is 1140. The lowest BCUT2D eigenvalue weighted by Crippen LogP contribution is -2.21. The number of benzene rings is 1. The Morgan fingerprint density at radius 3 is 2.63 bits per heavy atom. The van der Waals surface area contributed by atoms with Gasteiger partial charge in [0.1, 0.15) is 5.82 Å². The van der Waals surface area contributed by atoms with Gasteiger partial charge < -0.3 is 20.4 Å². The zero-order valence-corrected chi connectivity index (χ0v) is 16.8. The van der Waals surface area contributed by atoms with Gasteiger partial charge in [-0.1, -0.05) is 18.2 Å². The Morgan fingerprint density at radius 1 is 1.03 bits per heavy atom. The van der Waals surface area contributed by atoms with Gasteiger partial charge in [-0.2, -0.15) is 0 Å². The second kappa shape index (κ2) is 8.66. The molecule has 0 fully saturated rings. The van der Waals surface area contributed by atoms with Gasteiger partial charge >= 0.3 is 0 Å². The molecular weight excluding hydrogens is 380 g/mol. The molecular formula is C21H26N8O. The van der Waals surface area contributed by atoms with Crippen LogP contribution in [0.2, 0.25) is 0 Å². The average Bonchev–Trinajstić information content (AvgIpc) is 3.25. The van der Waals surface area contributed by atoms with Crippen molar-refractivity contribution < 1.29 is 7.27 Å². The lowest BCUT2D eigenvalue weighted by atomic mass is 10.2. The number of hydrogen-bond donors (Lipinski definition) is 2. The molecule has 0 saturated heterocycles. The van der Waals surface area contributed by atoms with Gasteiger partial charge in [0, 0.05) is 33.3 Å². The van der Waals surface area contributed by atoms with Crippen molar-refractivity contribution in [2.45, 2.75) is 0 Å². The Morgan fingerprint density at radius 2 is 1.83 bits per heavy atom. The minimum atomic E-state index is 0. The average molecular weight is 406 g/mol. The van der Waals surface area contributed by atoms with Crippen molar-refractivity contribution in [1.82, 2.24) is 30.0 Å². The van der Waals surface area contributed by atoms with Gasteiger partial charge in [-0.25, -0.2) is 15.0 Å². The van der Waals surface area contributed by atoms with Crippen molar-refractivity contribution in [2.75, 3.05) is 38.2 Å². The van der Waals surface area contributed by atoms with E-state index in [-0.39, 0.29) is 14.6 Å². The lowest BCUT2D eigenvalue weighted by Gasteiger charge is -2.11. The molecule has 0 unspecified atom stereocenters. The topological polar surface area (TPSA) is 119 Å². The summed E-state index contributed by atoms with van der Waals surface area (Å²) >= 11 is 0. The second-order valence-electron chi connectivity index (χ2n) is 6.93. The summed E-state index contributed by atoms with van der Waals surface area (Å²) in [6.45, 7) is 1.69. The zero-order chi connectivity index (χ0) is 20.9. The summed E-state index contributed by atoms with van der Waals surface area (Å²) in [7, 11) is 4.05. The minimum Gasteiger partial charge on any atom is -0.414 e. The predicted octanol–water partition coefficient (Wildman–Crippen LogP) is 3.30. The molecule has 3 aromatic heterocycles. The van der Waals surface area contributed by atoms with Gasteiger partial charge in [0.2, 0.25) is 5.89 Å². The third-order valence-corrected chi connectivity index (χ3v) is 4.37. The zero-order valence-electron chi connectivity index (χ0n) is 16.8. The highest BCUT2D eigenvalue weighted by atomic mass is 16.4. The van der Waals surface area contributed by atoms with Gasteiger partial charge in [0.15, 0.2) is 11.5 Å². The van der Waals surface area contributed by atoms with Crippen LogP contribution in [0.5, 0.6) is 0 Å². The van der Waals surface area contributed by atoms with Crippen molar-refractivity contribution >= 4 is 11.6 Å².